The average molecular weight is 349 g/mol. The van der Waals surface area contributed by atoms with Crippen LogP contribution in [0.4, 0.5) is 5.69 Å². The summed E-state index contributed by atoms with van der Waals surface area (Å²) in [5.74, 6) is -0.782. The third-order valence-electron chi connectivity index (χ3n) is 4.26. The molecule has 1 aromatic rings. The maximum atomic E-state index is 12.2. The van der Waals surface area contributed by atoms with Crippen LogP contribution in [-0.4, -0.2) is 63.2 Å². The van der Waals surface area contributed by atoms with E-state index in [0.29, 0.717) is 18.0 Å². The number of amides is 2. The summed E-state index contributed by atoms with van der Waals surface area (Å²) in [7, 11) is 3.20. The zero-order chi connectivity index (χ0) is 18.2. The lowest BCUT2D eigenvalue weighted by Crippen LogP contribution is -2.50. The van der Waals surface area contributed by atoms with E-state index in [1.807, 2.05) is 13.0 Å². The van der Waals surface area contributed by atoms with E-state index in [1.54, 1.807) is 19.2 Å². The van der Waals surface area contributed by atoms with E-state index in [2.05, 4.69) is 15.5 Å². The molecule has 1 aliphatic heterocycles. The number of piperidine rings is 1. The average Bonchev–Trinajstić information content (AvgIpc) is 2.60. The molecular weight excluding hydrogens is 322 g/mol. The number of hydrogen-bond acceptors (Lipinski definition) is 5. The predicted octanol–water partition coefficient (Wildman–Crippen LogP) is 1.17. The monoisotopic (exact) mass is 349 g/mol. The lowest BCUT2D eigenvalue weighted by Gasteiger charge is -2.32. The standard InChI is InChI=1S/C18H27N3O4/c1-13-6-7-16(25-3)15(11-13)20-18(23)17(22)19-14-5-4-8-21(12-14)9-10-24-2/h6-7,11,14H,4-5,8-10,12H2,1-3H3,(H,19,22)(H,20,23)/t14-/m1/s1. The van der Waals surface area contributed by atoms with Gasteiger partial charge in [-0.3, -0.25) is 14.5 Å². The number of hydrogen-bond donors (Lipinski definition) is 2. The fourth-order valence-electron chi connectivity index (χ4n) is 2.95. The first-order valence-corrected chi connectivity index (χ1v) is 8.51. The van der Waals surface area contributed by atoms with Crippen LogP contribution in [0.5, 0.6) is 5.75 Å². The van der Waals surface area contributed by atoms with E-state index in [-0.39, 0.29) is 6.04 Å². The van der Waals surface area contributed by atoms with E-state index in [1.165, 1.54) is 7.11 Å². The molecule has 1 saturated heterocycles. The van der Waals surface area contributed by atoms with Crippen molar-refractivity contribution in [2.24, 2.45) is 0 Å². The maximum absolute atomic E-state index is 12.2. The zero-order valence-corrected chi connectivity index (χ0v) is 15.1. The second-order valence-corrected chi connectivity index (χ2v) is 6.26. The molecule has 25 heavy (non-hydrogen) atoms. The van der Waals surface area contributed by atoms with Crippen LogP contribution in [0.3, 0.4) is 0 Å². The molecule has 0 aliphatic carbocycles. The number of nitrogens with zero attached hydrogens (tertiary/aromatic N) is 1. The quantitative estimate of drug-likeness (QED) is 0.754. The third kappa shape index (κ3) is 5.72. The molecule has 138 valence electrons. The molecule has 1 aromatic carbocycles. The van der Waals surface area contributed by atoms with Gasteiger partial charge in [-0.1, -0.05) is 6.07 Å². The first-order valence-electron chi connectivity index (χ1n) is 8.51. The summed E-state index contributed by atoms with van der Waals surface area (Å²) in [6.07, 6.45) is 1.86. The van der Waals surface area contributed by atoms with Crippen molar-refractivity contribution in [2.45, 2.75) is 25.8 Å². The van der Waals surface area contributed by atoms with Gasteiger partial charge in [-0.05, 0) is 44.0 Å². The van der Waals surface area contributed by atoms with Gasteiger partial charge in [0.2, 0.25) is 0 Å². The van der Waals surface area contributed by atoms with Gasteiger partial charge in [0.15, 0.2) is 0 Å². The molecule has 0 spiro atoms. The van der Waals surface area contributed by atoms with Gasteiger partial charge in [0.05, 0.1) is 19.4 Å². The molecule has 1 fully saturated rings. The summed E-state index contributed by atoms with van der Waals surface area (Å²) in [6, 6.07) is 5.39. The van der Waals surface area contributed by atoms with Crippen LogP contribution < -0.4 is 15.4 Å². The number of anilines is 1. The summed E-state index contributed by atoms with van der Waals surface area (Å²) in [6.45, 7) is 5.12. The van der Waals surface area contributed by atoms with Crippen molar-refractivity contribution in [3.8, 4) is 5.75 Å². The summed E-state index contributed by atoms with van der Waals surface area (Å²) in [5.41, 5.74) is 1.46. The second-order valence-electron chi connectivity index (χ2n) is 6.26. The highest BCUT2D eigenvalue weighted by Crippen LogP contribution is 2.25. The number of likely N-dealkylation sites (tertiary alicyclic amines) is 1. The number of carbonyl (C=O) groups excluding carboxylic acids is 2. The van der Waals surface area contributed by atoms with E-state index >= 15 is 0 Å². The first kappa shape index (κ1) is 19.2. The molecule has 2 N–H and O–H groups in total. The van der Waals surface area contributed by atoms with Crippen LogP contribution in [0.1, 0.15) is 18.4 Å². The number of carbonyl (C=O) groups is 2. The fourth-order valence-corrected chi connectivity index (χ4v) is 2.95. The smallest absolute Gasteiger partial charge is 0.313 e. The van der Waals surface area contributed by atoms with Crippen LogP contribution in [0, 0.1) is 6.92 Å². The largest absolute Gasteiger partial charge is 0.495 e. The molecule has 1 atom stereocenters. The van der Waals surface area contributed by atoms with E-state index in [9.17, 15) is 9.59 Å². The molecule has 7 heteroatoms. The van der Waals surface area contributed by atoms with Gasteiger partial charge in [0.25, 0.3) is 0 Å². The van der Waals surface area contributed by atoms with E-state index in [4.69, 9.17) is 9.47 Å². The normalized spacial score (nSPS) is 17.8. The van der Waals surface area contributed by atoms with Crippen molar-refractivity contribution in [2.75, 3.05) is 45.8 Å². The Kier molecular flexibility index (Phi) is 7.21. The molecule has 0 saturated carbocycles. The minimum atomic E-state index is -0.682. The Balaban J connectivity index is 1.90. The van der Waals surface area contributed by atoms with Crippen LogP contribution in [-0.2, 0) is 14.3 Å². The summed E-state index contributed by atoms with van der Waals surface area (Å²) in [5, 5.41) is 5.45. The summed E-state index contributed by atoms with van der Waals surface area (Å²) >= 11 is 0. The summed E-state index contributed by atoms with van der Waals surface area (Å²) < 4.78 is 10.3. The number of ether oxygens (including phenoxy) is 2. The highest BCUT2D eigenvalue weighted by molar-refractivity contribution is 6.39. The summed E-state index contributed by atoms with van der Waals surface area (Å²) in [4.78, 5) is 26.7. The SMILES string of the molecule is COCCN1CCC[C@@H](NC(=O)C(=O)Nc2cc(C)ccc2OC)C1. The molecule has 0 radical (unpaired) electrons. The lowest BCUT2D eigenvalue weighted by molar-refractivity contribution is -0.136. The molecule has 0 unspecified atom stereocenters. The van der Waals surface area contributed by atoms with Gasteiger partial charge in [-0.2, -0.15) is 0 Å². The van der Waals surface area contributed by atoms with Gasteiger partial charge >= 0.3 is 11.8 Å². The van der Waals surface area contributed by atoms with Crippen LogP contribution in [0.25, 0.3) is 0 Å². The second kappa shape index (κ2) is 9.39. The fraction of sp³-hybridized carbons (Fsp3) is 0.556. The molecule has 0 bridgehead atoms. The molecule has 1 aliphatic rings. The molecule has 0 aromatic heterocycles. The Hall–Kier alpha value is -2.12. The van der Waals surface area contributed by atoms with E-state index < -0.39 is 11.8 Å². The third-order valence-corrected chi connectivity index (χ3v) is 4.26. The number of rotatable bonds is 6. The minimum Gasteiger partial charge on any atom is -0.495 e. The van der Waals surface area contributed by atoms with Crippen LogP contribution in [0.15, 0.2) is 18.2 Å². The van der Waals surface area contributed by atoms with Crippen molar-refractivity contribution in [3.63, 3.8) is 0 Å². The van der Waals surface area contributed by atoms with E-state index in [0.717, 1.165) is 38.0 Å². The first-order chi connectivity index (χ1) is 12.0. The van der Waals surface area contributed by atoms with Crippen molar-refractivity contribution in [1.82, 2.24) is 10.2 Å². The Morgan fingerprint density at radius 2 is 2.08 bits per heavy atom. The molecule has 7 nitrogen and oxygen atoms in total. The zero-order valence-electron chi connectivity index (χ0n) is 15.1. The maximum Gasteiger partial charge on any atom is 0.313 e. The highest BCUT2D eigenvalue weighted by Gasteiger charge is 2.24. The van der Waals surface area contributed by atoms with Gasteiger partial charge in [0, 0.05) is 26.2 Å². The van der Waals surface area contributed by atoms with Crippen LogP contribution in [0.2, 0.25) is 0 Å². The molecule has 2 rings (SSSR count). The Bertz CT molecular complexity index is 606. The number of nitrogens with one attached hydrogen (secondary N) is 2. The Labute approximate surface area is 148 Å². The van der Waals surface area contributed by atoms with Gasteiger partial charge in [0.1, 0.15) is 5.75 Å². The molecule has 1 heterocycles. The van der Waals surface area contributed by atoms with Gasteiger partial charge in [-0.25, -0.2) is 0 Å². The van der Waals surface area contributed by atoms with Crippen molar-refractivity contribution < 1.29 is 19.1 Å². The van der Waals surface area contributed by atoms with Crippen molar-refractivity contribution in [1.29, 1.82) is 0 Å². The highest BCUT2D eigenvalue weighted by atomic mass is 16.5. The Morgan fingerprint density at radius 1 is 1.28 bits per heavy atom. The molecular formula is C18H27N3O4. The lowest BCUT2D eigenvalue weighted by atomic mass is 10.1. The predicted molar refractivity (Wildman–Crippen MR) is 95.8 cm³/mol. The topological polar surface area (TPSA) is 79.9 Å². The number of aryl methyl sites for hydroxylation is 1. The van der Waals surface area contributed by atoms with Crippen LogP contribution >= 0.6 is 0 Å². The van der Waals surface area contributed by atoms with Gasteiger partial charge < -0.3 is 20.1 Å². The number of methoxy groups -OCH3 is 2. The molecule has 2 amide bonds. The van der Waals surface area contributed by atoms with Crippen molar-refractivity contribution in [3.05, 3.63) is 23.8 Å². The number of benzene rings is 1. The van der Waals surface area contributed by atoms with Gasteiger partial charge in [-0.15, -0.1) is 0 Å². The minimum absolute atomic E-state index is 0.0248. The van der Waals surface area contributed by atoms with Crippen molar-refractivity contribution >= 4 is 17.5 Å². The Morgan fingerprint density at radius 3 is 2.80 bits per heavy atom.